The molecule has 5 N–H and O–H groups in total. The molecule has 0 radical (unpaired) electrons. The van der Waals surface area contributed by atoms with Crippen LogP contribution in [-0.2, 0) is 6.54 Å². The van der Waals surface area contributed by atoms with Crippen molar-refractivity contribution in [3.05, 3.63) is 59.2 Å². The molecule has 2 aromatic heterocycles. The molecule has 1 aliphatic rings. The summed E-state index contributed by atoms with van der Waals surface area (Å²) >= 11 is 0. The van der Waals surface area contributed by atoms with Crippen molar-refractivity contribution in [2.24, 2.45) is 10.7 Å². The highest BCUT2D eigenvalue weighted by Crippen LogP contribution is 2.23. The van der Waals surface area contributed by atoms with Crippen LogP contribution < -0.4 is 16.4 Å². The molecule has 0 aliphatic carbocycles. The number of hydrogen-bond acceptors (Lipinski definition) is 7. The minimum atomic E-state index is -0.433. The summed E-state index contributed by atoms with van der Waals surface area (Å²) in [7, 11) is 1.61. The highest BCUT2D eigenvalue weighted by atomic mass is 19.1. The quantitative estimate of drug-likeness (QED) is 0.448. The van der Waals surface area contributed by atoms with Gasteiger partial charge in [0.15, 0.2) is 11.3 Å². The fourth-order valence-electron chi connectivity index (χ4n) is 3.64. The number of aromatic nitrogens is 4. The van der Waals surface area contributed by atoms with E-state index in [-0.39, 0.29) is 18.3 Å². The summed E-state index contributed by atoms with van der Waals surface area (Å²) in [6.45, 7) is 1.04. The molecule has 160 valence electrons. The predicted molar refractivity (Wildman–Crippen MR) is 116 cm³/mol. The van der Waals surface area contributed by atoms with Crippen LogP contribution in [0.3, 0.4) is 0 Å². The van der Waals surface area contributed by atoms with E-state index >= 15 is 0 Å². The van der Waals surface area contributed by atoms with Gasteiger partial charge >= 0.3 is 0 Å². The number of fused-ring (bicyclic) bond motifs is 1. The van der Waals surface area contributed by atoms with E-state index in [1.165, 1.54) is 24.7 Å². The molecule has 4 rings (SSSR count). The Kier molecular flexibility index (Phi) is 5.99. The molecule has 0 unspecified atom stereocenters. The lowest BCUT2D eigenvalue weighted by atomic mass is 10.0. The van der Waals surface area contributed by atoms with Crippen LogP contribution in [0.25, 0.3) is 16.7 Å². The van der Waals surface area contributed by atoms with E-state index in [1.54, 1.807) is 19.3 Å². The first-order valence-corrected chi connectivity index (χ1v) is 9.95. The van der Waals surface area contributed by atoms with Gasteiger partial charge < -0.3 is 21.4 Å². The summed E-state index contributed by atoms with van der Waals surface area (Å²) in [5.74, 6) is -0.0923. The van der Waals surface area contributed by atoms with Crippen molar-refractivity contribution in [3.8, 4) is 0 Å². The molecule has 1 fully saturated rings. The Hall–Kier alpha value is -3.66. The summed E-state index contributed by atoms with van der Waals surface area (Å²) < 4.78 is 14.1. The first kappa shape index (κ1) is 20.6. The average Bonchev–Trinajstić information content (AvgIpc) is 3.44. The van der Waals surface area contributed by atoms with Crippen molar-refractivity contribution >= 4 is 28.9 Å². The highest BCUT2D eigenvalue weighted by molar-refractivity contribution is 6.09. The first-order valence-electron chi connectivity index (χ1n) is 9.95. The number of hydrogen-bond donors (Lipinski definition) is 4. The minimum Gasteiger partial charge on any atom is -0.404 e. The fourth-order valence-corrected chi connectivity index (χ4v) is 3.64. The number of carbonyl (C=O) groups is 1. The molecule has 0 bridgehead atoms. The Bertz CT molecular complexity index is 1160. The second-order valence-electron chi connectivity index (χ2n) is 7.23. The number of nitrogens with one attached hydrogen (secondary N) is 3. The zero-order valence-electron chi connectivity index (χ0n) is 17.0. The van der Waals surface area contributed by atoms with Crippen LogP contribution in [0.5, 0.6) is 0 Å². The molecular weight excluding hydrogens is 399 g/mol. The van der Waals surface area contributed by atoms with Gasteiger partial charge in [-0.15, -0.1) is 0 Å². The zero-order chi connectivity index (χ0) is 21.8. The maximum absolute atomic E-state index is 14.1. The second-order valence-corrected chi connectivity index (χ2v) is 7.23. The molecule has 1 aromatic carbocycles. The van der Waals surface area contributed by atoms with Crippen molar-refractivity contribution in [3.63, 3.8) is 0 Å². The van der Waals surface area contributed by atoms with E-state index in [9.17, 15) is 9.18 Å². The van der Waals surface area contributed by atoms with Gasteiger partial charge in [0, 0.05) is 31.6 Å². The maximum Gasteiger partial charge on any atom is 0.272 e. The summed E-state index contributed by atoms with van der Waals surface area (Å²) in [5, 5.41) is 6.15. The second kappa shape index (κ2) is 9.00. The number of nitrogens with zero attached hydrogens (tertiary/aromatic N) is 4. The lowest BCUT2D eigenvalue weighted by Crippen LogP contribution is -2.24. The molecule has 31 heavy (non-hydrogen) atoms. The normalized spacial score (nSPS) is 17.0. The van der Waals surface area contributed by atoms with Crippen LogP contribution in [0.2, 0.25) is 0 Å². The molecule has 10 heteroatoms. The SMILES string of the molecule is CN=CC(=CN)c1cc(F)cc(CNC(=O)c2ncnc3nc([C@@H]4CCCN4)[nH]c23)c1. The van der Waals surface area contributed by atoms with Gasteiger partial charge in [0.05, 0.1) is 6.04 Å². The fraction of sp³-hybridized carbons (Fsp3) is 0.286. The van der Waals surface area contributed by atoms with Gasteiger partial charge in [-0.1, -0.05) is 0 Å². The number of benzene rings is 1. The average molecular weight is 422 g/mol. The van der Waals surface area contributed by atoms with E-state index in [1.807, 2.05) is 0 Å². The number of halogens is 1. The molecule has 1 atom stereocenters. The van der Waals surface area contributed by atoms with Gasteiger partial charge in [-0.05, 0) is 48.7 Å². The standard InChI is InChI=1S/C21H23FN8O/c1-24-10-14(8-23)13-5-12(6-15(22)7-13)9-26-21(31)18-17-20(28-11-27-18)30-19(29-17)16-3-2-4-25-16/h5-8,10-11,16,25H,2-4,9,23H2,1H3,(H,26,31)(H,27,28,29,30)/t16-/m0/s1. The summed E-state index contributed by atoms with van der Waals surface area (Å²) in [6.07, 6.45) is 6.26. The first-order chi connectivity index (χ1) is 15.1. The zero-order valence-corrected chi connectivity index (χ0v) is 17.0. The van der Waals surface area contributed by atoms with Crippen LogP contribution in [0, 0.1) is 5.82 Å². The van der Waals surface area contributed by atoms with Crippen LogP contribution in [0.15, 0.2) is 35.7 Å². The van der Waals surface area contributed by atoms with Gasteiger partial charge in [-0.2, -0.15) is 0 Å². The van der Waals surface area contributed by atoms with E-state index in [2.05, 4.69) is 35.6 Å². The topological polar surface area (TPSA) is 134 Å². The van der Waals surface area contributed by atoms with Gasteiger partial charge in [-0.25, -0.2) is 19.3 Å². The molecule has 3 heterocycles. The van der Waals surface area contributed by atoms with Gasteiger partial charge in [0.25, 0.3) is 5.91 Å². The molecule has 0 saturated carbocycles. The number of aliphatic imine (C=N–C) groups is 1. The van der Waals surface area contributed by atoms with Crippen LogP contribution in [0.4, 0.5) is 4.39 Å². The number of aromatic amines is 1. The molecule has 1 saturated heterocycles. The van der Waals surface area contributed by atoms with Gasteiger partial charge in [-0.3, -0.25) is 9.79 Å². The van der Waals surface area contributed by atoms with E-state index in [0.29, 0.717) is 27.9 Å². The number of carbonyl (C=O) groups excluding carboxylic acids is 1. The highest BCUT2D eigenvalue weighted by Gasteiger charge is 2.22. The van der Waals surface area contributed by atoms with Crippen molar-refractivity contribution in [1.82, 2.24) is 30.6 Å². The Balaban J connectivity index is 1.54. The summed E-state index contributed by atoms with van der Waals surface area (Å²) in [5.41, 5.74) is 8.47. The Morgan fingerprint density at radius 2 is 2.26 bits per heavy atom. The molecule has 1 amide bonds. The Labute approximate surface area is 178 Å². The van der Waals surface area contributed by atoms with Crippen molar-refractivity contribution < 1.29 is 9.18 Å². The number of amides is 1. The van der Waals surface area contributed by atoms with Crippen molar-refractivity contribution in [2.75, 3.05) is 13.6 Å². The third kappa shape index (κ3) is 4.43. The van der Waals surface area contributed by atoms with Crippen LogP contribution in [0.1, 0.15) is 46.3 Å². The van der Waals surface area contributed by atoms with Crippen LogP contribution >= 0.6 is 0 Å². The monoisotopic (exact) mass is 422 g/mol. The van der Waals surface area contributed by atoms with Crippen molar-refractivity contribution in [2.45, 2.75) is 25.4 Å². The molecule has 3 aromatic rings. The van der Waals surface area contributed by atoms with Crippen molar-refractivity contribution in [1.29, 1.82) is 0 Å². The lowest BCUT2D eigenvalue weighted by molar-refractivity contribution is 0.0947. The third-order valence-corrected chi connectivity index (χ3v) is 5.10. The smallest absolute Gasteiger partial charge is 0.272 e. The van der Waals surface area contributed by atoms with E-state index in [0.717, 1.165) is 25.2 Å². The lowest BCUT2D eigenvalue weighted by Gasteiger charge is -2.09. The maximum atomic E-state index is 14.1. The van der Waals surface area contributed by atoms with Crippen LogP contribution in [-0.4, -0.2) is 45.7 Å². The minimum absolute atomic E-state index is 0.112. The summed E-state index contributed by atoms with van der Waals surface area (Å²) in [4.78, 5) is 32.7. The van der Waals surface area contributed by atoms with E-state index in [4.69, 9.17) is 5.73 Å². The molecule has 9 nitrogen and oxygen atoms in total. The number of H-pyrrole nitrogens is 1. The number of imidazole rings is 1. The van der Waals surface area contributed by atoms with E-state index < -0.39 is 11.7 Å². The van der Waals surface area contributed by atoms with Gasteiger partial charge in [0.1, 0.15) is 23.5 Å². The number of rotatable bonds is 6. The molecule has 1 aliphatic heterocycles. The van der Waals surface area contributed by atoms with Gasteiger partial charge in [0.2, 0.25) is 0 Å². The predicted octanol–water partition coefficient (Wildman–Crippen LogP) is 1.85. The number of allylic oxidation sites excluding steroid dienone is 1. The summed E-state index contributed by atoms with van der Waals surface area (Å²) in [6, 6.07) is 4.59. The largest absolute Gasteiger partial charge is 0.404 e. The Morgan fingerprint density at radius 1 is 1.39 bits per heavy atom. The molecule has 0 spiro atoms. The number of nitrogens with two attached hydrogens (primary N) is 1. The third-order valence-electron chi connectivity index (χ3n) is 5.10. The Morgan fingerprint density at radius 3 is 3.00 bits per heavy atom. The molecular formula is C21H23FN8O.